The van der Waals surface area contributed by atoms with Gasteiger partial charge in [-0.05, 0) is 38.6 Å². The molecule has 4 N–H and O–H groups in total. The molecule has 0 aromatic heterocycles. The predicted molar refractivity (Wildman–Crippen MR) is 79.3 cm³/mol. The van der Waals surface area contributed by atoms with Crippen LogP contribution in [0.15, 0.2) is 0 Å². The number of nitrogens with zero attached hydrogens (tertiary/aromatic N) is 1. The van der Waals surface area contributed by atoms with Crippen molar-refractivity contribution in [2.45, 2.75) is 58.0 Å². The number of rotatable bonds is 6. The first-order valence-electron chi connectivity index (χ1n) is 7.64. The average molecular weight is 284 g/mol. The lowest BCUT2D eigenvalue weighted by Crippen LogP contribution is -2.48. The molecule has 1 saturated carbocycles. The number of hydrogen-bond donors (Lipinski definition) is 3. The number of urea groups is 1. The number of carbonyl (C=O) groups excluding carboxylic acids is 2. The molecule has 0 radical (unpaired) electrons. The number of imide groups is 1. The van der Waals surface area contributed by atoms with Gasteiger partial charge >= 0.3 is 6.03 Å². The summed E-state index contributed by atoms with van der Waals surface area (Å²) in [6.07, 6.45) is 4.94. The summed E-state index contributed by atoms with van der Waals surface area (Å²) in [6, 6.07) is 0.307. The van der Waals surface area contributed by atoms with E-state index in [1.165, 1.54) is 0 Å². The van der Waals surface area contributed by atoms with Crippen molar-refractivity contribution in [1.82, 2.24) is 15.5 Å². The van der Waals surface area contributed by atoms with Gasteiger partial charge in [0.2, 0.25) is 5.91 Å². The molecule has 1 aliphatic carbocycles. The molecule has 116 valence electrons. The number of carbonyl (C=O) groups is 2. The van der Waals surface area contributed by atoms with Crippen molar-refractivity contribution in [1.29, 1.82) is 0 Å². The van der Waals surface area contributed by atoms with Gasteiger partial charge in [-0.25, -0.2) is 4.79 Å². The van der Waals surface area contributed by atoms with Crippen LogP contribution in [-0.2, 0) is 4.79 Å². The Hall–Kier alpha value is -1.14. The van der Waals surface area contributed by atoms with E-state index in [1.54, 1.807) is 0 Å². The minimum absolute atomic E-state index is 0.240. The number of likely N-dealkylation sites (N-methyl/N-ethyl adjacent to an activating group) is 1. The van der Waals surface area contributed by atoms with Crippen LogP contribution in [0.1, 0.15) is 46.0 Å². The first-order chi connectivity index (χ1) is 9.56. The zero-order chi connectivity index (χ0) is 15.0. The number of hydrogen-bond acceptors (Lipinski definition) is 4. The number of nitrogens with two attached hydrogens (primary N) is 1. The Balaban J connectivity index is 2.35. The fraction of sp³-hybridized carbons (Fsp3) is 0.857. The van der Waals surface area contributed by atoms with E-state index in [4.69, 9.17) is 5.73 Å². The Morgan fingerprint density at radius 1 is 1.20 bits per heavy atom. The molecular weight excluding hydrogens is 256 g/mol. The van der Waals surface area contributed by atoms with E-state index in [9.17, 15) is 9.59 Å². The summed E-state index contributed by atoms with van der Waals surface area (Å²) in [5.41, 5.74) is 5.90. The second-order valence-electron chi connectivity index (χ2n) is 5.44. The molecule has 0 aromatic carbocycles. The van der Waals surface area contributed by atoms with Crippen molar-refractivity contribution < 1.29 is 9.59 Å². The predicted octanol–water partition coefficient (Wildman–Crippen LogP) is 0.814. The van der Waals surface area contributed by atoms with Crippen LogP contribution in [0.5, 0.6) is 0 Å². The highest BCUT2D eigenvalue weighted by atomic mass is 16.2. The third kappa shape index (κ3) is 5.88. The van der Waals surface area contributed by atoms with Gasteiger partial charge in [0.05, 0.1) is 6.54 Å². The van der Waals surface area contributed by atoms with Gasteiger partial charge in [0.15, 0.2) is 0 Å². The van der Waals surface area contributed by atoms with Crippen LogP contribution in [0, 0.1) is 0 Å². The van der Waals surface area contributed by atoms with E-state index in [2.05, 4.69) is 15.5 Å². The van der Waals surface area contributed by atoms with Crippen LogP contribution in [0.2, 0.25) is 0 Å². The van der Waals surface area contributed by atoms with Crippen LogP contribution in [0.25, 0.3) is 0 Å². The molecule has 0 atom stereocenters. The lowest BCUT2D eigenvalue weighted by Gasteiger charge is -2.34. The third-order valence-corrected chi connectivity index (χ3v) is 3.80. The summed E-state index contributed by atoms with van der Waals surface area (Å²) in [5.74, 6) is -0.240. The minimum atomic E-state index is -0.404. The van der Waals surface area contributed by atoms with E-state index >= 15 is 0 Å². The van der Waals surface area contributed by atoms with Crippen molar-refractivity contribution in [2.24, 2.45) is 5.73 Å². The summed E-state index contributed by atoms with van der Waals surface area (Å²) < 4.78 is 0. The van der Waals surface area contributed by atoms with Gasteiger partial charge < -0.3 is 11.1 Å². The van der Waals surface area contributed by atoms with Gasteiger partial charge in [-0.1, -0.05) is 13.8 Å². The van der Waals surface area contributed by atoms with Gasteiger partial charge in [0.25, 0.3) is 0 Å². The van der Waals surface area contributed by atoms with Gasteiger partial charge in [0, 0.05) is 18.6 Å². The van der Waals surface area contributed by atoms with Gasteiger partial charge in [0.1, 0.15) is 0 Å². The van der Waals surface area contributed by atoms with Crippen LogP contribution < -0.4 is 16.4 Å². The molecule has 6 heteroatoms. The molecule has 20 heavy (non-hydrogen) atoms. The maximum absolute atomic E-state index is 11.9. The first kappa shape index (κ1) is 16.9. The van der Waals surface area contributed by atoms with Crippen LogP contribution in [0.4, 0.5) is 4.79 Å². The molecule has 0 aromatic rings. The average Bonchev–Trinajstić information content (AvgIpc) is 2.43. The Labute approximate surface area is 121 Å². The summed E-state index contributed by atoms with van der Waals surface area (Å²) in [5, 5.41) is 5.01. The molecule has 0 heterocycles. The van der Waals surface area contributed by atoms with Crippen molar-refractivity contribution in [2.75, 3.05) is 19.6 Å². The fourth-order valence-corrected chi connectivity index (χ4v) is 2.60. The van der Waals surface area contributed by atoms with Crippen LogP contribution in [-0.4, -0.2) is 48.6 Å². The van der Waals surface area contributed by atoms with Crippen molar-refractivity contribution in [3.05, 3.63) is 0 Å². The largest absolute Gasteiger partial charge is 0.338 e. The van der Waals surface area contributed by atoms with Crippen molar-refractivity contribution in [3.8, 4) is 0 Å². The molecule has 1 aliphatic rings. The standard InChI is InChI=1S/C14H28N4O2/c1-3-9-16-14(20)17-13(19)10-18(4-2)12-7-5-11(15)6-8-12/h11-12H,3-10,15H2,1-2H3,(H2,16,17,19,20). The SMILES string of the molecule is CCCNC(=O)NC(=O)CN(CC)C1CCC(N)CC1. The minimum Gasteiger partial charge on any atom is -0.338 e. The highest BCUT2D eigenvalue weighted by molar-refractivity contribution is 5.95. The van der Waals surface area contributed by atoms with Crippen molar-refractivity contribution >= 4 is 11.9 Å². The molecule has 0 unspecified atom stereocenters. The van der Waals surface area contributed by atoms with Crippen LogP contribution in [0.3, 0.4) is 0 Å². The van der Waals surface area contributed by atoms with E-state index < -0.39 is 6.03 Å². The van der Waals surface area contributed by atoms with Crippen LogP contribution >= 0.6 is 0 Å². The second kappa shape index (κ2) is 8.92. The highest BCUT2D eigenvalue weighted by Crippen LogP contribution is 2.21. The molecule has 0 saturated heterocycles. The van der Waals surface area contributed by atoms with Gasteiger partial charge in [-0.3, -0.25) is 15.0 Å². The van der Waals surface area contributed by atoms with Crippen molar-refractivity contribution in [3.63, 3.8) is 0 Å². The first-order valence-corrected chi connectivity index (χ1v) is 7.64. The zero-order valence-corrected chi connectivity index (χ0v) is 12.7. The fourth-order valence-electron chi connectivity index (χ4n) is 2.60. The Bertz CT molecular complexity index is 314. The number of nitrogens with one attached hydrogen (secondary N) is 2. The molecule has 6 nitrogen and oxygen atoms in total. The lowest BCUT2D eigenvalue weighted by molar-refractivity contribution is -0.121. The molecule has 0 spiro atoms. The topological polar surface area (TPSA) is 87.5 Å². The Morgan fingerprint density at radius 2 is 1.85 bits per heavy atom. The van der Waals surface area contributed by atoms with E-state index in [-0.39, 0.29) is 12.5 Å². The normalized spacial score (nSPS) is 22.6. The molecule has 0 bridgehead atoms. The zero-order valence-electron chi connectivity index (χ0n) is 12.7. The Kier molecular flexibility index (Phi) is 7.54. The highest BCUT2D eigenvalue weighted by Gasteiger charge is 2.25. The van der Waals surface area contributed by atoms with E-state index in [1.807, 2.05) is 13.8 Å². The quantitative estimate of drug-likeness (QED) is 0.673. The summed E-state index contributed by atoms with van der Waals surface area (Å²) in [4.78, 5) is 25.4. The maximum atomic E-state index is 11.9. The maximum Gasteiger partial charge on any atom is 0.321 e. The monoisotopic (exact) mass is 284 g/mol. The lowest BCUT2D eigenvalue weighted by atomic mass is 9.91. The molecular formula is C14H28N4O2. The Morgan fingerprint density at radius 3 is 2.40 bits per heavy atom. The third-order valence-electron chi connectivity index (χ3n) is 3.80. The molecule has 0 aliphatic heterocycles. The summed E-state index contributed by atoms with van der Waals surface area (Å²) >= 11 is 0. The molecule has 1 rings (SSSR count). The summed E-state index contributed by atoms with van der Waals surface area (Å²) in [7, 11) is 0. The van der Waals surface area contributed by atoms with E-state index in [0.717, 1.165) is 38.6 Å². The molecule has 3 amide bonds. The van der Waals surface area contributed by atoms with E-state index in [0.29, 0.717) is 18.6 Å². The summed E-state index contributed by atoms with van der Waals surface area (Å²) in [6.45, 7) is 5.67. The number of amides is 3. The smallest absolute Gasteiger partial charge is 0.321 e. The van der Waals surface area contributed by atoms with Gasteiger partial charge in [-0.2, -0.15) is 0 Å². The molecule has 1 fully saturated rings. The van der Waals surface area contributed by atoms with Gasteiger partial charge in [-0.15, -0.1) is 0 Å². The second-order valence-corrected chi connectivity index (χ2v) is 5.44.